The number of rotatable bonds is 21. The average Bonchev–Trinajstić information content (AvgIpc) is 3.84. The number of fused-ring (bicyclic) bond motifs is 2. The van der Waals surface area contributed by atoms with Crippen LogP contribution in [0.5, 0.6) is 5.75 Å². The Morgan fingerprint density at radius 2 is 1.18 bits per heavy atom. The van der Waals surface area contributed by atoms with Crippen LogP contribution in [0.4, 0.5) is 5.69 Å². The van der Waals surface area contributed by atoms with Gasteiger partial charge >= 0.3 is 5.89 Å². The maximum Gasteiger partial charge on any atom is 0.374 e. The van der Waals surface area contributed by atoms with Crippen molar-refractivity contribution in [2.45, 2.75) is 71.5 Å². The van der Waals surface area contributed by atoms with Gasteiger partial charge in [-0.1, -0.05) is 79.7 Å². The summed E-state index contributed by atoms with van der Waals surface area (Å²) in [5, 5.41) is 0. The molecule has 0 saturated heterocycles. The highest BCUT2D eigenvalue weighted by Crippen LogP contribution is 2.42. The Morgan fingerprint density at radius 1 is 0.597 bits per heavy atom. The van der Waals surface area contributed by atoms with Crippen LogP contribution < -0.4 is 23.3 Å². The minimum absolute atomic E-state index is 0.814. The predicted molar refractivity (Wildman–Crippen MR) is 273 cm³/mol. The zero-order valence-electron chi connectivity index (χ0n) is 41.2. The second kappa shape index (κ2) is 21.5. The zero-order valence-corrected chi connectivity index (χ0v) is 41.2. The van der Waals surface area contributed by atoms with Crippen molar-refractivity contribution in [1.82, 2.24) is 0 Å². The minimum atomic E-state index is 0.814. The number of oxazole rings is 1. The lowest BCUT2D eigenvalue weighted by atomic mass is 10.0. The van der Waals surface area contributed by atoms with Crippen molar-refractivity contribution in [1.29, 1.82) is 0 Å². The van der Waals surface area contributed by atoms with Crippen molar-refractivity contribution in [3.05, 3.63) is 181 Å². The van der Waals surface area contributed by atoms with Crippen molar-refractivity contribution in [2.24, 2.45) is 0 Å². The molecule has 0 fully saturated rings. The Labute approximate surface area is 400 Å². The van der Waals surface area contributed by atoms with Crippen LogP contribution in [0.1, 0.15) is 56.0 Å². The first-order valence-corrected chi connectivity index (χ1v) is 24.5. The summed E-state index contributed by atoms with van der Waals surface area (Å²) in [5.41, 5.74) is 11.7. The molecule has 0 spiro atoms. The molecular formula is C59H73N6O2+5. The number of benzene rings is 4. The molecule has 8 nitrogen and oxygen atoms in total. The van der Waals surface area contributed by atoms with E-state index in [4.69, 9.17) is 9.15 Å². The van der Waals surface area contributed by atoms with E-state index in [0.29, 0.717) is 0 Å². The molecule has 1 aliphatic heterocycles. The molecule has 67 heavy (non-hydrogen) atoms. The lowest BCUT2D eigenvalue weighted by molar-refractivity contribution is -0.873. The fraction of sp³-hybridized carbons (Fsp3) is 0.339. The topological polar surface area (TPSA) is 37.3 Å². The fourth-order valence-corrected chi connectivity index (χ4v) is 9.13. The third-order valence-electron chi connectivity index (χ3n) is 12.7. The summed E-state index contributed by atoms with van der Waals surface area (Å²) >= 11 is 0. The molecule has 3 aromatic heterocycles. The predicted octanol–water partition coefficient (Wildman–Crippen LogP) is 10.6. The molecule has 7 aromatic rings. The quantitative estimate of drug-likeness (QED) is 0.0533. The molecule has 0 radical (unpaired) electrons. The molecule has 0 atom stereocenters. The van der Waals surface area contributed by atoms with Gasteiger partial charge in [0.1, 0.15) is 0 Å². The van der Waals surface area contributed by atoms with Crippen LogP contribution in [-0.2, 0) is 32.5 Å². The van der Waals surface area contributed by atoms with Crippen LogP contribution in [0.2, 0.25) is 0 Å². The Kier molecular flexibility index (Phi) is 15.1. The number of aryl methyl sites for hydroxylation is 5. The van der Waals surface area contributed by atoms with E-state index in [1.54, 1.807) is 0 Å². The second-order valence-corrected chi connectivity index (χ2v) is 20.3. The number of hydrogen-bond acceptors (Lipinski definition) is 3. The Balaban J connectivity index is 1.08. The molecule has 0 amide bonds. The maximum atomic E-state index is 6.79. The van der Waals surface area contributed by atoms with Gasteiger partial charge in [0, 0.05) is 48.4 Å². The largest absolute Gasteiger partial charge is 0.439 e. The van der Waals surface area contributed by atoms with Gasteiger partial charge in [-0.05, 0) is 83.8 Å². The van der Waals surface area contributed by atoms with Gasteiger partial charge in [-0.15, -0.1) is 0 Å². The van der Waals surface area contributed by atoms with Crippen LogP contribution in [0, 0.1) is 0 Å². The first-order chi connectivity index (χ1) is 32.4. The third-order valence-corrected chi connectivity index (χ3v) is 12.7. The number of aromatic nitrogens is 3. The molecule has 4 heterocycles. The van der Waals surface area contributed by atoms with Crippen molar-refractivity contribution >= 4 is 22.9 Å². The fourth-order valence-electron chi connectivity index (χ4n) is 9.13. The summed E-state index contributed by atoms with van der Waals surface area (Å²) in [6, 6.07) is 43.4. The second-order valence-electron chi connectivity index (χ2n) is 20.3. The Bertz CT molecular complexity index is 2800. The molecule has 0 aliphatic carbocycles. The van der Waals surface area contributed by atoms with Gasteiger partial charge in [-0.25, -0.2) is 9.13 Å². The van der Waals surface area contributed by atoms with Gasteiger partial charge in [-0.3, -0.25) is 0 Å². The molecule has 0 bridgehead atoms. The molecule has 8 heteroatoms. The van der Waals surface area contributed by atoms with Crippen LogP contribution in [0.15, 0.2) is 168 Å². The third kappa shape index (κ3) is 13.0. The molecular weight excluding hydrogens is 825 g/mol. The van der Waals surface area contributed by atoms with Crippen molar-refractivity contribution in [3.63, 3.8) is 0 Å². The summed E-state index contributed by atoms with van der Waals surface area (Å²) in [5.74, 6) is 2.59. The van der Waals surface area contributed by atoms with Gasteiger partial charge < -0.3 is 23.0 Å². The molecule has 1 aliphatic rings. The van der Waals surface area contributed by atoms with Crippen molar-refractivity contribution in [2.75, 3.05) is 66.8 Å². The van der Waals surface area contributed by atoms with E-state index in [1.807, 2.05) is 0 Å². The molecule has 4 aromatic carbocycles. The zero-order chi connectivity index (χ0) is 46.8. The molecule has 0 unspecified atom stereocenters. The van der Waals surface area contributed by atoms with Gasteiger partial charge in [0.15, 0.2) is 50.2 Å². The van der Waals surface area contributed by atoms with E-state index >= 15 is 0 Å². The van der Waals surface area contributed by atoms with Crippen molar-refractivity contribution in [3.8, 4) is 28.0 Å². The van der Waals surface area contributed by atoms with E-state index in [2.05, 4.69) is 226 Å². The summed E-state index contributed by atoms with van der Waals surface area (Å²) < 4.78 is 22.6. The van der Waals surface area contributed by atoms with E-state index in [0.717, 1.165) is 133 Å². The number of anilines is 1. The minimum Gasteiger partial charge on any atom is -0.439 e. The van der Waals surface area contributed by atoms with E-state index < -0.39 is 0 Å². The molecule has 0 saturated carbocycles. The monoisotopic (exact) mass is 898 g/mol. The van der Waals surface area contributed by atoms with Gasteiger partial charge in [-0.2, -0.15) is 4.57 Å². The first kappa shape index (κ1) is 47.2. The van der Waals surface area contributed by atoms with Gasteiger partial charge in [0.05, 0.1) is 80.0 Å². The van der Waals surface area contributed by atoms with E-state index in [9.17, 15) is 0 Å². The molecule has 8 rings (SSSR count). The van der Waals surface area contributed by atoms with Crippen LogP contribution in [0.25, 0.3) is 39.4 Å². The van der Waals surface area contributed by atoms with Gasteiger partial charge in [0.2, 0.25) is 11.5 Å². The summed E-state index contributed by atoms with van der Waals surface area (Å²) in [4.78, 5) is 2.39. The van der Waals surface area contributed by atoms with Crippen LogP contribution in [-0.4, -0.2) is 70.9 Å². The lowest BCUT2D eigenvalue weighted by Gasteiger charge is -2.22. The maximum absolute atomic E-state index is 6.79. The Morgan fingerprint density at radius 3 is 1.78 bits per heavy atom. The summed E-state index contributed by atoms with van der Waals surface area (Å²) in [7, 11) is 13.6. The number of hydrogen-bond donors (Lipinski definition) is 0. The van der Waals surface area contributed by atoms with Crippen molar-refractivity contribution < 1.29 is 31.8 Å². The summed E-state index contributed by atoms with van der Waals surface area (Å²) in [6.45, 7) is 8.23. The summed E-state index contributed by atoms with van der Waals surface area (Å²) in [6.07, 6.45) is 20.6. The number of allylic oxidation sites excluding steroid dienone is 2. The molecule has 0 N–H and O–H groups in total. The standard InChI is InChI=1S/C59H73N6O2/c1-8-47(41-58-62(54-43-52(29-31-56(54)66-58)50-25-11-9-12-26-50)37-17-23-48-21-15-33-60(45-48)35-19-39-64(2,3)4)42-59-63(55-44-53(30-32-57(55)67-59)51-27-13-10-14-28-51)38-18-24-49-22-16-34-61(46-49)36-20-40-65(5,6)7/h9-16,21-22,25-34,41-46H,8,17-20,23-24,35-40H2,1-7H3/q+5. The highest BCUT2D eigenvalue weighted by Gasteiger charge is 2.28. The lowest BCUT2D eigenvalue weighted by Crippen LogP contribution is -2.40. The highest BCUT2D eigenvalue weighted by atomic mass is 16.5. The molecule has 346 valence electrons. The Hall–Kier alpha value is -6.35. The van der Waals surface area contributed by atoms with E-state index in [1.165, 1.54) is 33.4 Å². The average molecular weight is 898 g/mol. The SMILES string of the molecule is CCC(/C=C1\Oc2ccc(-c3ccccc3)cc2N1CCCc1ccc[n+](CCC[N+](C)(C)C)c1)=C\c1oc2ccc(-c3ccccc3)cc2[n+]1CCCc1ccc[n+](CCC[N+](C)(C)C)c1. The van der Waals surface area contributed by atoms with Crippen LogP contribution >= 0.6 is 0 Å². The number of nitrogens with zero attached hydrogens (tertiary/aromatic N) is 6. The number of quaternary nitrogens is 2. The smallest absolute Gasteiger partial charge is 0.374 e. The van der Waals surface area contributed by atoms with E-state index in [-0.39, 0.29) is 0 Å². The van der Waals surface area contributed by atoms with Crippen LogP contribution in [0.3, 0.4) is 0 Å². The highest BCUT2D eigenvalue weighted by molar-refractivity contribution is 5.79. The number of pyridine rings is 2. The first-order valence-electron chi connectivity index (χ1n) is 24.5. The number of ether oxygens (including phenoxy) is 1. The van der Waals surface area contributed by atoms with Gasteiger partial charge in [0.25, 0.3) is 5.52 Å². The normalized spacial score (nSPS) is 13.7.